The number of amides is 1. The largest absolute Gasteiger partial charge is 0.368 e. The highest BCUT2D eigenvalue weighted by Gasteiger charge is 2.16. The number of aryl methyl sites for hydroxylation is 1. The molecule has 0 unspecified atom stereocenters. The summed E-state index contributed by atoms with van der Waals surface area (Å²) in [6.07, 6.45) is 0. The minimum absolute atomic E-state index is 0.00823. The van der Waals surface area contributed by atoms with Gasteiger partial charge in [0.1, 0.15) is 12.2 Å². The van der Waals surface area contributed by atoms with Gasteiger partial charge in [-0.05, 0) is 43.5 Å². The van der Waals surface area contributed by atoms with Crippen molar-refractivity contribution in [3.63, 3.8) is 0 Å². The van der Waals surface area contributed by atoms with Crippen molar-refractivity contribution in [2.24, 2.45) is 0 Å². The Morgan fingerprint density at radius 2 is 1.93 bits per heavy atom. The molecule has 29 heavy (non-hydrogen) atoms. The van der Waals surface area contributed by atoms with Gasteiger partial charge in [0.15, 0.2) is 0 Å². The fraction of sp³-hybridized carbons (Fsp3) is 0.333. The molecule has 0 saturated heterocycles. The molecule has 3 N–H and O–H groups in total. The van der Waals surface area contributed by atoms with Crippen LogP contribution in [-0.2, 0) is 17.1 Å². The zero-order chi connectivity index (χ0) is 20.8. The first-order valence-corrected chi connectivity index (χ1v) is 10.5. The van der Waals surface area contributed by atoms with Crippen LogP contribution in [0.2, 0.25) is 0 Å². The summed E-state index contributed by atoms with van der Waals surface area (Å²) >= 11 is 1.45. The quantitative estimate of drug-likeness (QED) is 0.576. The summed E-state index contributed by atoms with van der Waals surface area (Å²) in [5.74, 6) is 0.547. The van der Waals surface area contributed by atoms with Gasteiger partial charge in [0.25, 0.3) is 5.56 Å². The minimum Gasteiger partial charge on any atom is -0.368 e. The zero-order valence-electron chi connectivity index (χ0n) is 17.0. The van der Waals surface area contributed by atoms with E-state index in [1.54, 1.807) is 6.07 Å². The Balaban J connectivity index is 1.59. The molecule has 154 valence electrons. The maximum atomic E-state index is 12.8. The third kappa shape index (κ3) is 5.35. The summed E-state index contributed by atoms with van der Waals surface area (Å²) in [5.41, 5.74) is 4.31. The molecule has 0 spiro atoms. The second-order valence-corrected chi connectivity index (χ2v) is 7.81. The van der Waals surface area contributed by atoms with Gasteiger partial charge in [-0.3, -0.25) is 9.59 Å². The van der Waals surface area contributed by atoms with Gasteiger partial charge in [-0.1, -0.05) is 30.3 Å². The molecule has 7 nitrogen and oxygen atoms in total. The maximum Gasteiger partial charge on any atom is 0.275 e. The number of carbonyl (C=O) groups is 1. The lowest BCUT2D eigenvalue weighted by Crippen LogP contribution is -2.36. The summed E-state index contributed by atoms with van der Waals surface area (Å²) < 4.78 is 4.61. The molecular formula is C21H27N5O2S. The van der Waals surface area contributed by atoms with Crippen molar-refractivity contribution >= 4 is 23.5 Å². The normalized spacial score (nSPS) is 13.4. The van der Waals surface area contributed by atoms with Crippen LogP contribution in [0.15, 0.2) is 58.7 Å². The molecule has 0 fully saturated rings. The van der Waals surface area contributed by atoms with E-state index < -0.39 is 0 Å². The van der Waals surface area contributed by atoms with Crippen molar-refractivity contribution in [1.82, 2.24) is 20.1 Å². The Hall–Kier alpha value is -2.87. The highest BCUT2D eigenvalue weighted by molar-refractivity contribution is 7.99. The van der Waals surface area contributed by atoms with Gasteiger partial charge in [-0.25, -0.2) is 0 Å². The van der Waals surface area contributed by atoms with Gasteiger partial charge in [-0.15, -0.1) is 0 Å². The van der Waals surface area contributed by atoms with Gasteiger partial charge in [-0.2, -0.15) is 0 Å². The van der Waals surface area contributed by atoms with Crippen LogP contribution in [0.25, 0.3) is 0 Å². The van der Waals surface area contributed by atoms with Crippen molar-refractivity contribution in [1.29, 1.82) is 0 Å². The number of anilines is 1. The molecule has 0 bridgehead atoms. The van der Waals surface area contributed by atoms with E-state index in [1.807, 2.05) is 57.3 Å². The average molecular weight is 414 g/mol. The number of hydrogen-bond donors (Lipinski definition) is 3. The number of nitrogens with zero attached hydrogens (tertiary/aromatic N) is 2. The number of pyridine rings is 1. The molecule has 1 amide bonds. The zero-order valence-corrected chi connectivity index (χ0v) is 17.8. The summed E-state index contributed by atoms with van der Waals surface area (Å²) in [5, 5.41) is 6.14. The van der Waals surface area contributed by atoms with Crippen molar-refractivity contribution in [2.45, 2.75) is 26.1 Å². The number of carbonyl (C=O) groups excluding carboxylic acids is 1. The summed E-state index contributed by atoms with van der Waals surface area (Å²) in [7, 11) is 1.99. The first-order chi connectivity index (χ1) is 14.0. The van der Waals surface area contributed by atoms with Crippen LogP contribution < -0.4 is 20.9 Å². The monoisotopic (exact) mass is 413 g/mol. The molecule has 3 rings (SSSR count). The molecule has 0 aliphatic carbocycles. The van der Waals surface area contributed by atoms with E-state index in [0.29, 0.717) is 12.2 Å². The second kappa shape index (κ2) is 9.56. The summed E-state index contributed by atoms with van der Waals surface area (Å²) in [6, 6.07) is 13.6. The van der Waals surface area contributed by atoms with Crippen LogP contribution in [0.1, 0.15) is 18.2 Å². The third-order valence-electron chi connectivity index (χ3n) is 4.96. The summed E-state index contributed by atoms with van der Waals surface area (Å²) in [6.45, 7) is 5.00. The smallest absolute Gasteiger partial charge is 0.275 e. The van der Waals surface area contributed by atoms with Crippen LogP contribution in [0.4, 0.5) is 5.69 Å². The molecule has 1 aliphatic heterocycles. The molecule has 0 saturated carbocycles. The van der Waals surface area contributed by atoms with Crippen LogP contribution in [0, 0.1) is 6.92 Å². The second-order valence-electron chi connectivity index (χ2n) is 7.03. The van der Waals surface area contributed by atoms with Crippen LogP contribution in [-0.4, -0.2) is 35.6 Å². The van der Waals surface area contributed by atoms with Crippen molar-refractivity contribution < 1.29 is 4.79 Å². The maximum absolute atomic E-state index is 12.8. The number of aromatic nitrogens is 1. The predicted molar refractivity (Wildman–Crippen MR) is 118 cm³/mol. The molecule has 1 aliphatic rings. The van der Waals surface area contributed by atoms with Gasteiger partial charge in [0.2, 0.25) is 5.91 Å². The van der Waals surface area contributed by atoms with Gasteiger partial charge in [0.05, 0.1) is 18.9 Å². The predicted octanol–water partition coefficient (Wildman–Crippen LogP) is 2.26. The lowest BCUT2D eigenvalue weighted by Gasteiger charge is -2.13. The SMILES string of the molecule is CC1=C(CNC(=O)Cn2c(C)ccc(NSCc3ccccc3)c2=O)NCN1C. The molecule has 2 aromatic rings. The van der Waals surface area contributed by atoms with Crippen molar-refractivity contribution in [3.05, 3.63) is 75.5 Å². The van der Waals surface area contributed by atoms with Gasteiger partial charge >= 0.3 is 0 Å². The van der Waals surface area contributed by atoms with E-state index in [-0.39, 0.29) is 18.0 Å². The fourth-order valence-electron chi connectivity index (χ4n) is 2.98. The van der Waals surface area contributed by atoms with Crippen molar-refractivity contribution in [3.8, 4) is 0 Å². The van der Waals surface area contributed by atoms with Gasteiger partial charge < -0.3 is 24.8 Å². The van der Waals surface area contributed by atoms with Crippen molar-refractivity contribution in [2.75, 3.05) is 25.0 Å². The first-order valence-electron chi connectivity index (χ1n) is 9.49. The lowest BCUT2D eigenvalue weighted by molar-refractivity contribution is -0.121. The molecular weight excluding hydrogens is 386 g/mol. The number of benzene rings is 1. The van der Waals surface area contributed by atoms with E-state index in [9.17, 15) is 9.59 Å². The Morgan fingerprint density at radius 1 is 1.17 bits per heavy atom. The van der Waals surface area contributed by atoms with Crippen LogP contribution in [0.5, 0.6) is 0 Å². The van der Waals surface area contributed by atoms with E-state index in [2.05, 4.69) is 20.3 Å². The number of nitrogens with one attached hydrogen (secondary N) is 3. The van der Waals surface area contributed by atoms with E-state index in [0.717, 1.165) is 29.5 Å². The van der Waals surface area contributed by atoms with Crippen LogP contribution >= 0.6 is 11.9 Å². The fourth-order valence-corrected chi connectivity index (χ4v) is 3.73. The minimum atomic E-state index is -0.199. The molecule has 1 aromatic carbocycles. The molecule has 2 heterocycles. The van der Waals surface area contributed by atoms with E-state index in [4.69, 9.17) is 0 Å². The highest BCUT2D eigenvalue weighted by atomic mass is 32.2. The summed E-state index contributed by atoms with van der Waals surface area (Å²) in [4.78, 5) is 27.3. The molecule has 0 radical (unpaired) electrons. The number of rotatable bonds is 8. The van der Waals surface area contributed by atoms with E-state index >= 15 is 0 Å². The van der Waals surface area contributed by atoms with Gasteiger partial charge in [0, 0.05) is 24.2 Å². The average Bonchev–Trinajstić information content (AvgIpc) is 3.04. The molecule has 1 aromatic heterocycles. The lowest BCUT2D eigenvalue weighted by atomic mass is 10.2. The Kier molecular flexibility index (Phi) is 6.87. The number of hydrogen-bond acceptors (Lipinski definition) is 6. The Morgan fingerprint density at radius 3 is 2.62 bits per heavy atom. The standard InChI is InChI=1S/C21H27N5O2S/c1-15-9-10-18(24-29-13-17-7-5-4-6-8-17)21(28)26(15)12-20(27)22-11-19-16(2)25(3)14-23-19/h4-10,23-24H,11-14H2,1-3H3,(H,22,27). The molecule has 8 heteroatoms. The Labute approximate surface area is 175 Å². The third-order valence-corrected chi connectivity index (χ3v) is 5.80. The van der Waals surface area contributed by atoms with E-state index in [1.165, 1.54) is 22.1 Å². The first kappa shape index (κ1) is 20.9. The van der Waals surface area contributed by atoms with Crippen LogP contribution in [0.3, 0.4) is 0 Å². The molecule has 0 atom stereocenters. The topological polar surface area (TPSA) is 78.4 Å². The highest BCUT2D eigenvalue weighted by Crippen LogP contribution is 2.15. The Bertz CT molecular complexity index is 955. The number of allylic oxidation sites excluding steroid dienone is 1.